The van der Waals surface area contributed by atoms with Gasteiger partial charge in [-0.3, -0.25) is 19.6 Å². The minimum atomic E-state index is -0.522. The summed E-state index contributed by atoms with van der Waals surface area (Å²) in [6, 6.07) is 8.43. The maximum absolute atomic E-state index is 16.1. The van der Waals surface area contributed by atoms with Gasteiger partial charge in [0.1, 0.15) is 23.2 Å². The highest BCUT2D eigenvalue weighted by Crippen LogP contribution is 2.48. The smallest absolute Gasteiger partial charge is 0.318 e. The lowest BCUT2D eigenvalue weighted by atomic mass is 9.97. The fraction of sp³-hybridized carbons (Fsp3) is 0.575. The Morgan fingerprint density at radius 2 is 1.89 bits per heavy atom. The Morgan fingerprint density at radius 3 is 2.56 bits per heavy atom. The van der Waals surface area contributed by atoms with E-state index in [0.717, 1.165) is 57.5 Å². The number of alkyl halides is 1. The molecule has 0 N–H and O–H groups in total. The summed E-state index contributed by atoms with van der Waals surface area (Å²) in [5.41, 5.74) is 2.02. The molecule has 1 aromatic carbocycles. The fourth-order valence-corrected chi connectivity index (χ4v) is 8.82. The van der Waals surface area contributed by atoms with Crippen molar-refractivity contribution in [3.8, 4) is 23.3 Å². The second-order valence-corrected chi connectivity index (χ2v) is 15.3. The van der Waals surface area contributed by atoms with E-state index in [1.54, 1.807) is 18.3 Å². The molecule has 1 aliphatic carbocycles. The topological polar surface area (TPSA) is 111 Å². The first-order valence-corrected chi connectivity index (χ1v) is 19.6. The van der Waals surface area contributed by atoms with E-state index in [2.05, 4.69) is 24.8 Å². The molecule has 7 aliphatic rings. The van der Waals surface area contributed by atoms with Gasteiger partial charge in [0.15, 0.2) is 5.82 Å². The number of nitriles is 1. The Bertz CT molecular complexity index is 1860. The molecule has 6 saturated heterocycles. The van der Waals surface area contributed by atoms with Gasteiger partial charge in [-0.2, -0.15) is 15.2 Å². The van der Waals surface area contributed by atoms with Crippen LogP contribution in [-0.2, 0) is 9.53 Å². The molecular formula is C40H49ClF2N8O3. The zero-order chi connectivity index (χ0) is 37.8. The number of rotatable bonds is 7. The number of halogens is 3. The molecule has 2 aromatic heterocycles. The normalized spacial score (nSPS) is 25.2. The molecule has 1 saturated carbocycles. The first-order valence-electron chi connectivity index (χ1n) is 19.2. The number of pyridine rings is 1. The number of methoxy groups -OCH3 is 1. The zero-order valence-electron chi connectivity index (χ0n) is 31.1. The average molecular weight is 763 g/mol. The summed E-state index contributed by atoms with van der Waals surface area (Å²) in [5.74, 6) is 0.354. The van der Waals surface area contributed by atoms with Crippen molar-refractivity contribution >= 4 is 34.2 Å². The molecule has 0 radical (unpaired) electrons. The van der Waals surface area contributed by atoms with Crippen LogP contribution in [0.1, 0.15) is 63.4 Å². The van der Waals surface area contributed by atoms with Crippen LogP contribution in [0.3, 0.4) is 0 Å². The molecule has 0 spiro atoms. The van der Waals surface area contributed by atoms with Gasteiger partial charge in [0, 0.05) is 87.7 Å². The van der Waals surface area contributed by atoms with Gasteiger partial charge in [0.25, 0.3) is 0 Å². The van der Waals surface area contributed by atoms with Crippen molar-refractivity contribution < 1.29 is 23.0 Å². The van der Waals surface area contributed by atoms with Gasteiger partial charge < -0.3 is 19.3 Å². The van der Waals surface area contributed by atoms with E-state index in [1.165, 1.54) is 33.3 Å². The Balaban J connectivity index is 0.000000320. The monoisotopic (exact) mass is 762 g/mol. The van der Waals surface area contributed by atoms with Crippen LogP contribution in [0.25, 0.3) is 22.2 Å². The third-order valence-electron chi connectivity index (χ3n) is 11.4. The quantitative estimate of drug-likeness (QED) is 0.260. The third-order valence-corrected chi connectivity index (χ3v) is 11.7. The Labute approximate surface area is 320 Å². The van der Waals surface area contributed by atoms with Crippen molar-refractivity contribution in [3.05, 3.63) is 53.0 Å². The van der Waals surface area contributed by atoms with Crippen LogP contribution in [0.15, 0.2) is 36.5 Å². The molecule has 8 heterocycles. The second-order valence-electron chi connectivity index (χ2n) is 14.9. The van der Waals surface area contributed by atoms with Gasteiger partial charge in [0.05, 0.1) is 31.3 Å². The van der Waals surface area contributed by atoms with E-state index in [4.69, 9.17) is 26.3 Å². The predicted octanol–water partition coefficient (Wildman–Crippen LogP) is 6.16. The summed E-state index contributed by atoms with van der Waals surface area (Å²) < 4.78 is 39.9. The van der Waals surface area contributed by atoms with Crippen LogP contribution >= 0.6 is 11.6 Å². The van der Waals surface area contributed by atoms with E-state index in [-0.39, 0.29) is 23.1 Å². The number of aromatic nitrogens is 3. The van der Waals surface area contributed by atoms with Crippen molar-refractivity contribution in [2.75, 3.05) is 71.0 Å². The number of hydrogen-bond donors (Lipinski definition) is 0. The second kappa shape index (κ2) is 17.2. The molecule has 14 heteroatoms. The number of carbonyl (C=O) groups is 1. The van der Waals surface area contributed by atoms with Gasteiger partial charge in [-0.15, -0.1) is 0 Å². The van der Waals surface area contributed by atoms with Gasteiger partial charge in [-0.05, 0) is 69.0 Å². The van der Waals surface area contributed by atoms with Crippen LogP contribution in [0, 0.1) is 17.1 Å². The Kier molecular flexibility index (Phi) is 12.2. The summed E-state index contributed by atoms with van der Waals surface area (Å²) in [6.45, 7) is 7.93. The lowest BCUT2D eigenvalue weighted by molar-refractivity contribution is -0.126. The summed E-state index contributed by atoms with van der Waals surface area (Å²) >= 11 is 6.53. The van der Waals surface area contributed by atoms with Crippen LogP contribution in [-0.4, -0.2) is 126 Å². The molecule has 3 aromatic rings. The van der Waals surface area contributed by atoms with Crippen molar-refractivity contribution in [1.82, 2.24) is 29.7 Å². The van der Waals surface area contributed by atoms with Crippen LogP contribution in [0.5, 0.6) is 6.01 Å². The number of benzene rings is 1. The molecule has 4 unspecified atom stereocenters. The number of carbonyl (C=O) groups excluding carboxylic acids is 1. The van der Waals surface area contributed by atoms with Crippen LogP contribution in [0.2, 0.25) is 5.02 Å². The maximum Gasteiger partial charge on any atom is 0.318 e. The summed E-state index contributed by atoms with van der Waals surface area (Å²) in [5, 5.41) is 8.46. The number of fused-ring (bicyclic) bond motifs is 5. The highest BCUT2D eigenvalue weighted by molar-refractivity contribution is 6.32. The van der Waals surface area contributed by atoms with E-state index in [0.29, 0.717) is 78.6 Å². The number of anilines is 1. The minimum Gasteiger partial charge on any atom is -0.467 e. The molecule has 2 bridgehead atoms. The first kappa shape index (κ1) is 38.3. The van der Waals surface area contributed by atoms with E-state index >= 15 is 4.39 Å². The number of ether oxygens (including phenoxy) is 2. The van der Waals surface area contributed by atoms with Gasteiger partial charge in [0.2, 0.25) is 5.91 Å². The molecular weight excluding hydrogens is 714 g/mol. The van der Waals surface area contributed by atoms with E-state index < -0.39 is 12.0 Å². The zero-order valence-corrected chi connectivity index (χ0v) is 31.9. The van der Waals surface area contributed by atoms with Crippen molar-refractivity contribution in [2.24, 2.45) is 0 Å². The molecule has 6 aliphatic heterocycles. The minimum absolute atomic E-state index is 0.00327. The molecule has 288 valence electrons. The van der Waals surface area contributed by atoms with Crippen molar-refractivity contribution in [2.45, 2.75) is 82.1 Å². The average Bonchev–Trinajstić information content (AvgIpc) is 3.84. The Hall–Kier alpha value is -3.96. The van der Waals surface area contributed by atoms with Gasteiger partial charge in [-0.25, -0.2) is 8.78 Å². The van der Waals surface area contributed by atoms with Crippen molar-refractivity contribution in [3.63, 3.8) is 0 Å². The number of hydrogen-bond acceptors (Lipinski definition) is 10. The number of morpholine rings is 1. The standard InChI is InChI=1S/C31H34ClFN6O3.C7H12FN.C2H3N/c1-41-31-35-29-23(16-34-28(27(29)33)22-4-2-5-24(32)26(22)19-7-8-19)30(36-31)38-14-12-37(13-15-38)25(40)6-3-11-39-17-21-10-9-20(39)18-42-21;8-6-4-7-2-1-3-9(7)5-6;1-2-3/h2-6,16,19-21H,7-15,17-18H2,1H3;6-7H,1-5H2;1H3/b6-3+;;. The number of piperidine rings is 1. The molecule has 4 atom stereocenters. The van der Waals surface area contributed by atoms with Crippen molar-refractivity contribution in [1.29, 1.82) is 5.26 Å². The molecule has 1 amide bonds. The summed E-state index contributed by atoms with van der Waals surface area (Å²) in [7, 11) is 1.47. The highest BCUT2D eigenvalue weighted by Gasteiger charge is 2.36. The first-order chi connectivity index (χ1) is 26.3. The predicted molar refractivity (Wildman–Crippen MR) is 204 cm³/mol. The largest absolute Gasteiger partial charge is 0.467 e. The summed E-state index contributed by atoms with van der Waals surface area (Å²) in [4.78, 5) is 35.0. The number of piperazine rings is 1. The number of amides is 1. The third kappa shape index (κ3) is 8.47. The SMILES string of the molecule is CC#N.COc1nc(N2CCN(C(=O)/C=C/CN3CC4CCC3CO4)CC2)c2cnc(-c3cccc(Cl)c3C3CC3)c(F)c2n1.FC1CC2CCCN2C1. The lowest BCUT2D eigenvalue weighted by Gasteiger charge is -2.44. The van der Waals surface area contributed by atoms with Crippen LogP contribution < -0.4 is 9.64 Å². The van der Waals surface area contributed by atoms with Gasteiger partial charge in [-0.1, -0.05) is 29.8 Å². The molecule has 7 fully saturated rings. The highest BCUT2D eigenvalue weighted by atomic mass is 35.5. The van der Waals surface area contributed by atoms with E-state index in [9.17, 15) is 9.18 Å². The molecule has 54 heavy (non-hydrogen) atoms. The van der Waals surface area contributed by atoms with E-state index in [1.807, 2.05) is 34.1 Å². The maximum atomic E-state index is 16.1. The fourth-order valence-electron chi connectivity index (χ4n) is 8.49. The lowest BCUT2D eigenvalue weighted by Crippen LogP contribution is -2.54. The Morgan fingerprint density at radius 1 is 1.09 bits per heavy atom. The molecule has 10 rings (SSSR count). The van der Waals surface area contributed by atoms with Gasteiger partial charge >= 0.3 is 6.01 Å². The number of nitrogens with zero attached hydrogens (tertiary/aromatic N) is 8. The van der Waals surface area contributed by atoms with Crippen LogP contribution in [0.4, 0.5) is 14.6 Å². The summed E-state index contributed by atoms with van der Waals surface area (Å²) in [6.07, 6.45) is 12.8. The molecule has 11 nitrogen and oxygen atoms in total.